The van der Waals surface area contributed by atoms with Gasteiger partial charge in [-0.1, -0.05) is 0 Å². The lowest BCUT2D eigenvalue weighted by Crippen LogP contribution is -2.48. The van der Waals surface area contributed by atoms with Crippen LogP contribution in [0.15, 0.2) is 24.3 Å². The molecule has 0 aliphatic heterocycles. The number of nitro groups is 1. The average Bonchev–Trinajstić information content (AvgIpc) is 2.56. The molecule has 1 unspecified atom stereocenters. The molecule has 0 bridgehead atoms. The first-order valence-corrected chi connectivity index (χ1v) is 9.19. The van der Waals surface area contributed by atoms with Crippen LogP contribution in [0.3, 0.4) is 0 Å². The Balaban J connectivity index is 2.92. The highest BCUT2D eigenvalue weighted by atomic mass is 32.2. The lowest BCUT2D eigenvalue weighted by atomic mass is 10.2. The zero-order valence-corrected chi connectivity index (χ0v) is 17.1. The maximum Gasteiger partial charge on any atom is 0.410 e. The van der Waals surface area contributed by atoms with E-state index in [1.54, 1.807) is 20.8 Å². The topological polar surface area (TPSA) is 128 Å². The van der Waals surface area contributed by atoms with Gasteiger partial charge in [-0.3, -0.25) is 19.8 Å². The Kier molecular flexibility index (Phi) is 8.23. The highest BCUT2D eigenvalue weighted by Crippen LogP contribution is 2.19. The Morgan fingerprint density at radius 2 is 1.82 bits per heavy atom. The Hall–Kier alpha value is -2.82. The van der Waals surface area contributed by atoms with Crippen molar-refractivity contribution in [2.24, 2.45) is 0 Å². The largest absolute Gasteiger partial charge is 0.444 e. The van der Waals surface area contributed by atoms with E-state index >= 15 is 0 Å². The molecule has 10 nitrogen and oxygen atoms in total. The number of esters is 1. The first-order chi connectivity index (χ1) is 12.9. The van der Waals surface area contributed by atoms with Crippen molar-refractivity contribution in [1.82, 2.24) is 9.62 Å². The molecule has 0 fully saturated rings. The van der Waals surface area contributed by atoms with E-state index < -0.39 is 28.6 Å². The van der Waals surface area contributed by atoms with Crippen LogP contribution >= 0.6 is 11.9 Å². The molecular weight excluding hydrogens is 390 g/mol. The van der Waals surface area contributed by atoms with Crippen LogP contribution in [0.25, 0.3) is 0 Å². The van der Waals surface area contributed by atoms with Crippen LogP contribution in [0.2, 0.25) is 0 Å². The summed E-state index contributed by atoms with van der Waals surface area (Å²) in [4.78, 5) is 47.1. The first kappa shape index (κ1) is 23.2. The molecule has 2 amide bonds. The van der Waals surface area contributed by atoms with Crippen LogP contribution in [-0.4, -0.2) is 52.2 Å². The van der Waals surface area contributed by atoms with Crippen LogP contribution < -0.4 is 9.46 Å². The fraction of sp³-hybridized carbons (Fsp3) is 0.471. The molecule has 1 rings (SSSR count). The molecule has 0 aliphatic carbocycles. The number of hydrogen-bond donors (Lipinski definition) is 1. The predicted molar refractivity (Wildman–Crippen MR) is 103 cm³/mol. The molecule has 1 atom stereocenters. The number of rotatable bonds is 7. The van der Waals surface area contributed by atoms with Gasteiger partial charge in [-0.15, -0.1) is 0 Å². The molecule has 0 aliphatic rings. The van der Waals surface area contributed by atoms with Gasteiger partial charge in [-0.2, -0.15) is 0 Å². The molecule has 0 radical (unpaired) electrons. The van der Waals surface area contributed by atoms with E-state index in [0.717, 1.165) is 16.8 Å². The number of likely N-dealkylation sites (N-methyl/N-ethyl adjacent to an activating group) is 1. The zero-order chi connectivity index (χ0) is 21.5. The summed E-state index contributed by atoms with van der Waals surface area (Å²) in [6.07, 6.45) is -0.735. The van der Waals surface area contributed by atoms with Gasteiger partial charge in [0.25, 0.3) is 5.69 Å². The summed E-state index contributed by atoms with van der Waals surface area (Å²) >= 11 is 0.939. The smallest absolute Gasteiger partial charge is 0.410 e. The van der Waals surface area contributed by atoms with E-state index in [9.17, 15) is 24.5 Å². The quantitative estimate of drug-likeness (QED) is 0.237. The third-order valence-electron chi connectivity index (χ3n) is 3.14. The minimum Gasteiger partial charge on any atom is -0.444 e. The Morgan fingerprint density at radius 3 is 2.29 bits per heavy atom. The number of benzene rings is 1. The summed E-state index contributed by atoms with van der Waals surface area (Å²) < 4.78 is 13.0. The van der Waals surface area contributed by atoms with Gasteiger partial charge in [-0.05, 0) is 44.9 Å². The minimum absolute atomic E-state index is 0.0150. The van der Waals surface area contributed by atoms with Gasteiger partial charge in [0, 0.05) is 31.9 Å². The molecule has 0 spiro atoms. The number of carbonyl (C=O) groups is 3. The average molecular weight is 413 g/mol. The van der Waals surface area contributed by atoms with Crippen LogP contribution in [0.5, 0.6) is 5.75 Å². The number of non-ortho nitro benzene ring substituents is 1. The molecule has 0 saturated heterocycles. The van der Waals surface area contributed by atoms with Crippen molar-refractivity contribution in [3.05, 3.63) is 34.4 Å². The SMILES string of the molecule is CC(=O)NSCC(C(=O)Oc1ccc([N+](=O)[O-])cc1)N(C)C(=O)OC(C)(C)C. The van der Waals surface area contributed by atoms with Crippen molar-refractivity contribution in [2.75, 3.05) is 12.8 Å². The second-order valence-electron chi connectivity index (χ2n) is 6.75. The summed E-state index contributed by atoms with van der Waals surface area (Å²) in [5, 5.41) is 10.7. The maximum absolute atomic E-state index is 12.6. The van der Waals surface area contributed by atoms with E-state index in [0.29, 0.717) is 0 Å². The van der Waals surface area contributed by atoms with Crippen molar-refractivity contribution >= 4 is 35.6 Å². The molecule has 1 aromatic rings. The van der Waals surface area contributed by atoms with Gasteiger partial charge in [0.15, 0.2) is 0 Å². The monoisotopic (exact) mass is 413 g/mol. The van der Waals surface area contributed by atoms with Gasteiger partial charge in [0.1, 0.15) is 17.4 Å². The van der Waals surface area contributed by atoms with Crippen LogP contribution in [-0.2, 0) is 14.3 Å². The lowest BCUT2D eigenvalue weighted by Gasteiger charge is -2.29. The number of carbonyl (C=O) groups excluding carboxylic acids is 3. The van der Waals surface area contributed by atoms with Crippen molar-refractivity contribution < 1.29 is 28.8 Å². The Labute approximate surface area is 166 Å². The van der Waals surface area contributed by atoms with Gasteiger partial charge in [0.05, 0.1) is 4.92 Å². The van der Waals surface area contributed by atoms with Crippen molar-refractivity contribution in [3.8, 4) is 5.75 Å². The van der Waals surface area contributed by atoms with E-state index in [1.807, 2.05) is 0 Å². The molecule has 11 heteroatoms. The summed E-state index contributed by atoms with van der Waals surface area (Å²) in [7, 11) is 1.38. The molecule has 0 heterocycles. The molecule has 0 aromatic heterocycles. The second-order valence-corrected chi connectivity index (χ2v) is 7.57. The normalized spacial score (nSPS) is 11.9. The number of hydrogen-bond acceptors (Lipinski definition) is 8. The number of amides is 2. The number of nitrogens with one attached hydrogen (secondary N) is 1. The number of ether oxygens (including phenoxy) is 2. The van der Waals surface area contributed by atoms with Crippen molar-refractivity contribution in [1.29, 1.82) is 0 Å². The molecule has 1 aromatic carbocycles. The van der Waals surface area contributed by atoms with E-state index in [4.69, 9.17) is 9.47 Å². The Morgan fingerprint density at radius 1 is 1.25 bits per heavy atom. The lowest BCUT2D eigenvalue weighted by molar-refractivity contribution is -0.384. The number of nitrogens with zero attached hydrogens (tertiary/aromatic N) is 2. The highest BCUT2D eigenvalue weighted by Gasteiger charge is 2.32. The van der Waals surface area contributed by atoms with Gasteiger partial charge < -0.3 is 14.2 Å². The summed E-state index contributed by atoms with van der Waals surface area (Å²) in [5.74, 6) is -0.989. The summed E-state index contributed by atoms with van der Waals surface area (Å²) in [6.45, 7) is 6.38. The van der Waals surface area contributed by atoms with Gasteiger partial charge in [-0.25, -0.2) is 9.59 Å². The van der Waals surface area contributed by atoms with Crippen LogP contribution in [0.4, 0.5) is 10.5 Å². The third kappa shape index (κ3) is 7.82. The first-order valence-electron chi connectivity index (χ1n) is 8.21. The fourth-order valence-electron chi connectivity index (χ4n) is 1.84. The maximum atomic E-state index is 12.6. The molecule has 1 N–H and O–H groups in total. The van der Waals surface area contributed by atoms with E-state index in [2.05, 4.69) is 4.72 Å². The third-order valence-corrected chi connectivity index (χ3v) is 4.06. The molecule has 0 saturated carbocycles. The van der Waals surface area contributed by atoms with Gasteiger partial charge >= 0.3 is 12.1 Å². The van der Waals surface area contributed by atoms with E-state index in [1.165, 1.54) is 38.2 Å². The zero-order valence-electron chi connectivity index (χ0n) is 16.3. The van der Waals surface area contributed by atoms with Crippen LogP contribution in [0, 0.1) is 10.1 Å². The summed E-state index contributed by atoms with van der Waals surface area (Å²) in [6, 6.07) is 3.88. The van der Waals surface area contributed by atoms with Gasteiger partial charge in [0.2, 0.25) is 5.91 Å². The minimum atomic E-state index is -1.07. The molecular formula is C17H23N3O7S. The predicted octanol–water partition coefficient (Wildman–Crippen LogP) is 2.52. The number of nitro benzene ring substituents is 1. The fourth-order valence-corrected chi connectivity index (χ4v) is 2.65. The van der Waals surface area contributed by atoms with E-state index in [-0.39, 0.29) is 23.1 Å². The van der Waals surface area contributed by atoms with Crippen molar-refractivity contribution in [3.63, 3.8) is 0 Å². The summed E-state index contributed by atoms with van der Waals surface area (Å²) in [5.41, 5.74) is -0.911. The second kappa shape index (κ2) is 9.93. The van der Waals surface area contributed by atoms with Crippen molar-refractivity contribution in [2.45, 2.75) is 39.3 Å². The Bertz CT molecular complexity index is 731. The molecule has 154 valence electrons. The van der Waals surface area contributed by atoms with Crippen LogP contribution in [0.1, 0.15) is 27.7 Å². The molecule has 28 heavy (non-hydrogen) atoms. The standard InChI is InChI=1S/C17H23N3O7S/c1-11(21)18-28-10-14(19(5)16(23)27-17(2,3)4)15(22)26-13-8-6-12(7-9-13)20(24)25/h6-9,14H,10H2,1-5H3,(H,18,21). The highest BCUT2D eigenvalue weighted by molar-refractivity contribution is 7.98.